The van der Waals surface area contributed by atoms with E-state index in [1.165, 1.54) is 12.8 Å². The molecule has 1 aromatic rings. The van der Waals surface area contributed by atoms with Gasteiger partial charge in [-0.25, -0.2) is 0 Å². The Kier molecular flexibility index (Phi) is 1.99. The largest absolute Gasteiger partial charge is 0.0620 e. The van der Waals surface area contributed by atoms with Gasteiger partial charge in [0.1, 0.15) is 0 Å². The lowest BCUT2D eigenvalue weighted by Gasteiger charge is -2.41. The van der Waals surface area contributed by atoms with Crippen molar-refractivity contribution < 1.29 is 0 Å². The van der Waals surface area contributed by atoms with Crippen LogP contribution in [0.15, 0.2) is 24.3 Å². The van der Waals surface area contributed by atoms with Crippen molar-refractivity contribution >= 4 is 0 Å². The number of hydrogen-bond acceptors (Lipinski definition) is 0. The Labute approximate surface area is 87.3 Å². The first-order valence-electron chi connectivity index (χ1n) is 5.53. The summed E-state index contributed by atoms with van der Waals surface area (Å²) >= 11 is 0. The van der Waals surface area contributed by atoms with Crippen molar-refractivity contribution in [1.29, 1.82) is 0 Å². The van der Waals surface area contributed by atoms with Gasteiger partial charge in [-0.15, -0.1) is 0 Å². The van der Waals surface area contributed by atoms with Crippen LogP contribution in [0, 0.1) is 0 Å². The van der Waals surface area contributed by atoms with Gasteiger partial charge in [-0.3, -0.25) is 0 Å². The molecule has 0 aromatic heterocycles. The van der Waals surface area contributed by atoms with Crippen LogP contribution < -0.4 is 0 Å². The minimum Gasteiger partial charge on any atom is -0.0620 e. The van der Waals surface area contributed by atoms with E-state index < -0.39 is 0 Å². The molecule has 0 saturated carbocycles. The van der Waals surface area contributed by atoms with Crippen molar-refractivity contribution in [1.82, 2.24) is 0 Å². The molecule has 0 bridgehead atoms. The van der Waals surface area contributed by atoms with Gasteiger partial charge in [0.05, 0.1) is 0 Å². The van der Waals surface area contributed by atoms with Crippen LogP contribution in [0.2, 0.25) is 0 Å². The van der Waals surface area contributed by atoms with Crippen LogP contribution in [0.1, 0.15) is 51.7 Å². The molecule has 1 aliphatic rings. The lowest BCUT2D eigenvalue weighted by atomic mass is 9.77. The second-order valence-corrected chi connectivity index (χ2v) is 5.81. The van der Waals surface area contributed by atoms with E-state index >= 15 is 0 Å². The molecule has 2 rings (SSSR count). The number of hydrogen-bond donors (Lipinski definition) is 0. The van der Waals surface area contributed by atoms with E-state index in [1.807, 2.05) is 0 Å². The highest BCUT2D eigenvalue weighted by Gasteiger charge is 2.36. The molecule has 0 amide bonds. The Morgan fingerprint density at radius 2 is 1.14 bits per heavy atom. The fourth-order valence-electron chi connectivity index (χ4n) is 2.56. The van der Waals surface area contributed by atoms with Crippen molar-refractivity contribution in [2.75, 3.05) is 0 Å². The van der Waals surface area contributed by atoms with Crippen LogP contribution in [0.25, 0.3) is 0 Å². The molecule has 0 atom stereocenters. The van der Waals surface area contributed by atoms with E-state index in [1.54, 1.807) is 11.1 Å². The average Bonchev–Trinajstić information content (AvgIpc) is 2.14. The highest BCUT2D eigenvalue weighted by molar-refractivity contribution is 5.40. The molecule has 76 valence electrons. The maximum atomic E-state index is 2.36. The lowest BCUT2D eigenvalue weighted by Crippen LogP contribution is -2.33. The Bertz CT molecular complexity index is 310. The van der Waals surface area contributed by atoms with E-state index in [0.717, 1.165) is 0 Å². The molecule has 0 radical (unpaired) electrons. The molecular weight excluding hydrogens is 176 g/mol. The molecule has 0 spiro atoms. The highest BCUT2D eigenvalue weighted by Crippen LogP contribution is 2.45. The molecule has 1 aromatic carbocycles. The quantitative estimate of drug-likeness (QED) is 0.587. The topological polar surface area (TPSA) is 0 Å². The molecule has 1 aliphatic carbocycles. The maximum absolute atomic E-state index is 2.36. The van der Waals surface area contributed by atoms with Gasteiger partial charge in [0.2, 0.25) is 0 Å². The van der Waals surface area contributed by atoms with Crippen molar-refractivity contribution in [3.63, 3.8) is 0 Å². The zero-order valence-electron chi connectivity index (χ0n) is 9.72. The SMILES string of the molecule is [14CH3]C1([14CH3])CCC([14CH3])([14CH3])c2ccccc21. The number of rotatable bonds is 0. The predicted octanol–water partition coefficient (Wildman–Crippen LogP) is 4.04. The van der Waals surface area contributed by atoms with Gasteiger partial charge in [-0.2, -0.15) is 0 Å². The summed E-state index contributed by atoms with van der Waals surface area (Å²) in [6, 6.07) is 8.94. The maximum Gasteiger partial charge on any atom is -0.0100 e. The molecule has 0 fully saturated rings. The van der Waals surface area contributed by atoms with Crippen molar-refractivity contribution in [2.24, 2.45) is 0 Å². The van der Waals surface area contributed by atoms with Crippen LogP contribution >= 0.6 is 0 Å². The number of benzene rings is 1. The second-order valence-electron chi connectivity index (χ2n) is 5.81. The third-order valence-corrected chi connectivity index (χ3v) is 3.76. The van der Waals surface area contributed by atoms with Crippen molar-refractivity contribution in [3.05, 3.63) is 35.4 Å². The summed E-state index contributed by atoms with van der Waals surface area (Å²) in [6.45, 7) is 9.45. The first-order chi connectivity index (χ1) is 6.43. The van der Waals surface area contributed by atoms with E-state index in [2.05, 4.69) is 52.0 Å². The summed E-state index contributed by atoms with van der Waals surface area (Å²) in [5.74, 6) is 0. The smallest absolute Gasteiger partial charge is 0.0100 e. The van der Waals surface area contributed by atoms with Crippen molar-refractivity contribution in [2.45, 2.75) is 51.4 Å². The Morgan fingerprint density at radius 3 is 1.50 bits per heavy atom. The Balaban J connectivity index is 2.61. The lowest BCUT2D eigenvalue weighted by molar-refractivity contribution is 0.332. The third-order valence-electron chi connectivity index (χ3n) is 3.76. The van der Waals surface area contributed by atoms with Gasteiger partial charge in [-0.1, -0.05) is 52.0 Å². The van der Waals surface area contributed by atoms with E-state index in [4.69, 9.17) is 0 Å². The molecule has 14 heavy (non-hydrogen) atoms. The summed E-state index contributed by atoms with van der Waals surface area (Å²) < 4.78 is 0. The molecule has 0 heteroatoms. The summed E-state index contributed by atoms with van der Waals surface area (Å²) in [4.78, 5) is 0. The first kappa shape index (κ1) is 9.76. The van der Waals surface area contributed by atoms with Crippen LogP contribution in [0.5, 0.6) is 0 Å². The van der Waals surface area contributed by atoms with Crippen LogP contribution in [0.3, 0.4) is 0 Å². The Morgan fingerprint density at radius 1 is 0.786 bits per heavy atom. The van der Waals surface area contributed by atoms with E-state index in [9.17, 15) is 0 Å². The molecule has 0 N–H and O–H groups in total. The minimum absolute atomic E-state index is 0.367. The van der Waals surface area contributed by atoms with Gasteiger partial charge in [0.15, 0.2) is 0 Å². The minimum atomic E-state index is 0.367. The van der Waals surface area contributed by atoms with Crippen LogP contribution in [-0.4, -0.2) is 0 Å². The molecule has 0 saturated heterocycles. The fourth-order valence-corrected chi connectivity index (χ4v) is 2.56. The average molecular weight is 196 g/mol. The molecule has 0 nitrogen and oxygen atoms in total. The predicted molar refractivity (Wildman–Crippen MR) is 61.7 cm³/mol. The summed E-state index contributed by atoms with van der Waals surface area (Å²) in [7, 11) is 0. The highest BCUT2D eigenvalue weighted by atomic mass is 15.0. The Hall–Kier alpha value is -0.780. The van der Waals surface area contributed by atoms with Gasteiger partial charge >= 0.3 is 0 Å². The van der Waals surface area contributed by atoms with Gasteiger partial charge in [-0.05, 0) is 34.8 Å². The zero-order valence-corrected chi connectivity index (χ0v) is 9.72. The summed E-state index contributed by atoms with van der Waals surface area (Å²) in [5.41, 5.74) is 3.84. The first-order valence-corrected chi connectivity index (χ1v) is 5.53. The molecule has 0 heterocycles. The second kappa shape index (κ2) is 2.85. The van der Waals surface area contributed by atoms with Gasteiger partial charge in [0.25, 0.3) is 0 Å². The normalized spacial score (nSPS) is 22.9. The van der Waals surface area contributed by atoms with E-state index in [0.29, 0.717) is 10.8 Å². The van der Waals surface area contributed by atoms with Crippen LogP contribution in [-0.2, 0) is 10.8 Å². The molecule has 0 aliphatic heterocycles. The molecule has 0 unspecified atom stereocenters. The third kappa shape index (κ3) is 1.37. The monoisotopic (exact) mass is 196 g/mol. The van der Waals surface area contributed by atoms with Gasteiger partial charge in [0, 0.05) is 0 Å². The van der Waals surface area contributed by atoms with Crippen molar-refractivity contribution in [3.8, 4) is 0 Å². The number of fused-ring (bicyclic) bond motifs is 1. The fraction of sp³-hybridized carbons (Fsp3) is 0.571. The van der Waals surface area contributed by atoms with Crippen LogP contribution in [0.4, 0.5) is 0 Å². The van der Waals surface area contributed by atoms with Gasteiger partial charge < -0.3 is 0 Å². The standard InChI is InChI=1S/C14H20/c1-13(2)9-10-14(3,4)12-8-6-5-7-11(12)13/h5-8H,9-10H2,1-4H3/i1+2,2+2,3+2,4+2. The van der Waals surface area contributed by atoms with E-state index in [-0.39, 0.29) is 0 Å². The zero-order chi connectivity index (χ0) is 10.4. The summed E-state index contributed by atoms with van der Waals surface area (Å²) in [5, 5.41) is 0. The summed E-state index contributed by atoms with van der Waals surface area (Å²) in [6.07, 6.45) is 2.61. The molecular formula is C14H20.